The van der Waals surface area contributed by atoms with Crippen LogP contribution in [0.5, 0.6) is 0 Å². The number of hydrogen-bond donors (Lipinski definition) is 3. The molecule has 0 saturated heterocycles. The molecule has 0 aliphatic heterocycles. The molecule has 1 unspecified atom stereocenters. The fourth-order valence-corrected chi connectivity index (χ4v) is 2.61. The van der Waals surface area contributed by atoms with Gasteiger partial charge in [0.15, 0.2) is 0 Å². The van der Waals surface area contributed by atoms with Gasteiger partial charge in [-0.3, -0.25) is 0 Å². The second kappa shape index (κ2) is 11.6. The van der Waals surface area contributed by atoms with E-state index in [1.807, 2.05) is 26.2 Å². The van der Waals surface area contributed by atoms with E-state index in [0.717, 1.165) is 25.9 Å². The van der Waals surface area contributed by atoms with Crippen LogP contribution >= 0.6 is 0 Å². The molecule has 3 heteroatoms. The minimum absolute atomic E-state index is 0.278. The van der Waals surface area contributed by atoms with Crippen molar-refractivity contribution in [1.82, 2.24) is 16.0 Å². The zero-order chi connectivity index (χ0) is 16.1. The van der Waals surface area contributed by atoms with Crippen LogP contribution < -0.4 is 16.0 Å². The standard InChI is InChI=1S/C18H35N3/c1-7-9-10-11-16(14-19-5)12-13-18(3,4)17(8-2)21-15-20-6/h7,9-10,14,17,19-21H,1,8,11-13,15H2,2-6H3/b10-9-,16-14-. The van der Waals surface area contributed by atoms with Gasteiger partial charge < -0.3 is 16.0 Å². The van der Waals surface area contributed by atoms with Gasteiger partial charge >= 0.3 is 0 Å². The summed E-state index contributed by atoms with van der Waals surface area (Å²) >= 11 is 0. The Balaban J connectivity index is 4.55. The lowest BCUT2D eigenvalue weighted by atomic mass is 9.78. The van der Waals surface area contributed by atoms with E-state index < -0.39 is 0 Å². The normalized spacial score (nSPS) is 14.4. The number of nitrogens with one attached hydrogen (secondary N) is 3. The molecule has 0 spiro atoms. The molecule has 0 aliphatic rings. The zero-order valence-corrected chi connectivity index (χ0v) is 14.6. The van der Waals surface area contributed by atoms with Crippen LogP contribution in [0.3, 0.4) is 0 Å². The summed E-state index contributed by atoms with van der Waals surface area (Å²) < 4.78 is 0. The summed E-state index contributed by atoms with van der Waals surface area (Å²) in [5.41, 5.74) is 1.72. The van der Waals surface area contributed by atoms with Crippen molar-refractivity contribution in [2.75, 3.05) is 20.8 Å². The molecule has 122 valence electrons. The summed E-state index contributed by atoms with van der Waals surface area (Å²) in [7, 11) is 3.94. The third kappa shape index (κ3) is 8.74. The van der Waals surface area contributed by atoms with E-state index in [0.29, 0.717) is 6.04 Å². The Morgan fingerprint density at radius 2 is 2.00 bits per heavy atom. The molecule has 0 fully saturated rings. The lowest BCUT2D eigenvalue weighted by Gasteiger charge is -2.35. The predicted molar refractivity (Wildman–Crippen MR) is 95.3 cm³/mol. The molecule has 0 aliphatic carbocycles. The van der Waals surface area contributed by atoms with Gasteiger partial charge in [-0.15, -0.1) is 0 Å². The van der Waals surface area contributed by atoms with Crippen molar-refractivity contribution in [1.29, 1.82) is 0 Å². The fraction of sp³-hybridized carbons (Fsp3) is 0.667. The first-order valence-electron chi connectivity index (χ1n) is 8.02. The highest BCUT2D eigenvalue weighted by Gasteiger charge is 2.27. The molecule has 0 radical (unpaired) electrons. The van der Waals surface area contributed by atoms with Gasteiger partial charge in [0.2, 0.25) is 0 Å². The highest BCUT2D eigenvalue weighted by atomic mass is 15.1. The maximum absolute atomic E-state index is 3.72. The largest absolute Gasteiger partial charge is 0.394 e. The summed E-state index contributed by atoms with van der Waals surface area (Å²) in [4.78, 5) is 0. The highest BCUT2D eigenvalue weighted by molar-refractivity contribution is 5.10. The Bertz CT molecular complexity index is 329. The third-order valence-corrected chi connectivity index (χ3v) is 3.97. The van der Waals surface area contributed by atoms with Gasteiger partial charge in [-0.25, -0.2) is 0 Å². The number of allylic oxidation sites excluding steroid dienone is 4. The Morgan fingerprint density at radius 1 is 1.29 bits per heavy atom. The van der Waals surface area contributed by atoms with Crippen molar-refractivity contribution in [3.05, 3.63) is 36.6 Å². The summed E-state index contributed by atoms with van der Waals surface area (Å²) in [5.74, 6) is 0. The Labute approximate surface area is 132 Å². The molecule has 0 aromatic heterocycles. The summed E-state index contributed by atoms with van der Waals surface area (Å²) in [6.45, 7) is 11.6. The third-order valence-electron chi connectivity index (χ3n) is 3.97. The van der Waals surface area contributed by atoms with Crippen molar-refractivity contribution >= 4 is 0 Å². The van der Waals surface area contributed by atoms with Crippen molar-refractivity contribution in [2.45, 2.75) is 52.5 Å². The average Bonchev–Trinajstić information content (AvgIpc) is 2.45. The molecule has 3 nitrogen and oxygen atoms in total. The van der Waals surface area contributed by atoms with Crippen LogP contribution in [0, 0.1) is 5.41 Å². The lowest BCUT2D eigenvalue weighted by molar-refractivity contribution is 0.214. The smallest absolute Gasteiger partial charge is 0.0454 e. The van der Waals surface area contributed by atoms with Crippen LogP contribution in [0.25, 0.3) is 0 Å². The molecule has 1 atom stereocenters. The quantitative estimate of drug-likeness (QED) is 0.380. The molecule has 0 aromatic rings. The molecule has 0 amide bonds. The van der Waals surface area contributed by atoms with Gasteiger partial charge in [0, 0.05) is 19.8 Å². The van der Waals surface area contributed by atoms with Crippen LogP contribution in [0.1, 0.15) is 46.5 Å². The van der Waals surface area contributed by atoms with Gasteiger partial charge in [0.25, 0.3) is 0 Å². The minimum Gasteiger partial charge on any atom is -0.394 e. The van der Waals surface area contributed by atoms with Gasteiger partial charge in [0.05, 0.1) is 0 Å². The van der Waals surface area contributed by atoms with Gasteiger partial charge in [-0.2, -0.15) is 0 Å². The Kier molecular flexibility index (Phi) is 11.0. The van der Waals surface area contributed by atoms with Crippen molar-refractivity contribution < 1.29 is 0 Å². The van der Waals surface area contributed by atoms with E-state index in [-0.39, 0.29) is 5.41 Å². The summed E-state index contributed by atoms with van der Waals surface area (Å²) in [6.07, 6.45) is 12.6. The molecule has 0 heterocycles. The van der Waals surface area contributed by atoms with Crippen LogP contribution in [0.4, 0.5) is 0 Å². The van der Waals surface area contributed by atoms with Crippen molar-refractivity contribution in [3.8, 4) is 0 Å². The first-order chi connectivity index (χ1) is 10.0. The SMILES string of the molecule is C=C/C=C\C/C(=C/NC)CCC(C)(C)C(CC)NCNC. The maximum atomic E-state index is 3.72. The van der Waals surface area contributed by atoms with Crippen LogP contribution in [0.2, 0.25) is 0 Å². The molecule has 21 heavy (non-hydrogen) atoms. The average molecular weight is 293 g/mol. The lowest BCUT2D eigenvalue weighted by Crippen LogP contribution is -2.44. The van der Waals surface area contributed by atoms with Gasteiger partial charge in [-0.1, -0.05) is 51.2 Å². The highest BCUT2D eigenvalue weighted by Crippen LogP contribution is 2.31. The topological polar surface area (TPSA) is 36.1 Å². The molecular formula is C18H35N3. The number of hydrogen-bond acceptors (Lipinski definition) is 3. The maximum Gasteiger partial charge on any atom is 0.0454 e. The van der Waals surface area contributed by atoms with Crippen molar-refractivity contribution in [2.24, 2.45) is 5.41 Å². The molecule has 0 saturated carbocycles. The van der Waals surface area contributed by atoms with E-state index in [9.17, 15) is 0 Å². The Morgan fingerprint density at radius 3 is 2.52 bits per heavy atom. The first kappa shape index (κ1) is 19.9. The molecule has 3 N–H and O–H groups in total. The summed E-state index contributed by atoms with van der Waals surface area (Å²) in [5, 5.41) is 9.93. The van der Waals surface area contributed by atoms with Gasteiger partial charge in [-0.05, 0) is 44.3 Å². The van der Waals surface area contributed by atoms with Crippen LogP contribution in [-0.4, -0.2) is 26.8 Å². The van der Waals surface area contributed by atoms with E-state index in [1.165, 1.54) is 12.0 Å². The Hall–Kier alpha value is -1.06. The molecular weight excluding hydrogens is 258 g/mol. The summed E-state index contributed by atoms with van der Waals surface area (Å²) in [6, 6.07) is 0.532. The monoisotopic (exact) mass is 293 g/mol. The first-order valence-corrected chi connectivity index (χ1v) is 8.02. The second-order valence-corrected chi connectivity index (χ2v) is 6.14. The second-order valence-electron chi connectivity index (χ2n) is 6.14. The predicted octanol–water partition coefficient (Wildman–Crippen LogP) is 3.57. The molecule has 0 aromatic carbocycles. The van der Waals surface area contributed by atoms with Crippen LogP contribution in [-0.2, 0) is 0 Å². The number of rotatable bonds is 12. The fourth-order valence-electron chi connectivity index (χ4n) is 2.61. The zero-order valence-electron chi connectivity index (χ0n) is 14.6. The van der Waals surface area contributed by atoms with E-state index in [4.69, 9.17) is 0 Å². The minimum atomic E-state index is 0.278. The van der Waals surface area contributed by atoms with E-state index in [2.05, 4.69) is 55.6 Å². The molecule has 0 rings (SSSR count). The van der Waals surface area contributed by atoms with E-state index in [1.54, 1.807) is 0 Å². The van der Waals surface area contributed by atoms with Crippen LogP contribution in [0.15, 0.2) is 36.6 Å². The van der Waals surface area contributed by atoms with E-state index >= 15 is 0 Å². The van der Waals surface area contributed by atoms with Gasteiger partial charge in [0.1, 0.15) is 0 Å². The van der Waals surface area contributed by atoms with Crippen molar-refractivity contribution in [3.63, 3.8) is 0 Å². The molecule has 0 bridgehead atoms.